The van der Waals surface area contributed by atoms with Gasteiger partial charge in [-0.15, -0.1) is 0 Å². The Kier molecular flexibility index (Phi) is 4.42. The van der Waals surface area contributed by atoms with Gasteiger partial charge in [0.25, 0.3) is 5.91 Å². The van der Waals surface area contributed by atoms with E-state index < -0.39 is 0 Å². The summed E-state index contributed by atoms with van der Waals surface area (Å²) in [5.74, 6) is 0.0657. The number of hydrogen-bond donors (Lipinski definition) is 1. The molecule has 1 amide bonds. The number of likely N-dealkylation sites (tertiary alicyclic amines) is 1. The summed E-state index contributed by atoms with van der Waals surface area (Å²) in [5.41, 5.74) is 1.19. The zero-order valence-corrected chi connectivity index (χ0v) is 14.0. The average molecular weight is 326 g/mol. The summed E-state index contributed by atoms with van der Waals surface area (Å²) in [7, 11) is 1.43. The van der Waals surface area contributed by atoms with Crippen LogP contribution in [0.15, 0.2) is 47.4 Å². The molecule has 0 spiro atoms. The van der Waals surface area contributed by atoms with Crippen LogP contribution in [0, 0.1) is 0 Å². The number of aromatic nitrogens is 1. The van der Waals surface area contributed by atoms with Crippen molar-refractivity contribution in [2.24, 2.45) is 0 Å². The zero-order chi connectivity index (χ0) is 17.2. The molecule has 0 radical (unpaired) electrons. The van der Waals surface area contributed by atoms with Gasteiger partial charge < -0.3 is 14.6 Å². The minimum atomic E-state index is -0.289. The molecule has 1 fully saturated rings. The van der Waals surface area contributed by atoms with Gasteiger partial charge in [0.2, 0.25) is 5.43 Å². The molecular weight excluding hydrogens is 304 g/mol. The van der Waals surface area contributed by atoms with Gasteiger partial charge in [-0.2, -0.15) is 0 Å². The Labute approximate surface area is 141 Å². The molecule has 1 aromatic heterocycles. The number of nitrogens with zero attached hydrogens (tertiary/aromatic N) is 1. The van der Waals surface area contributed by atoms with Crippen LogP contribution in [0.5, 0.6) is 5.75 Å². The Morgan fingerprint density at radius 1 is 1.29 bits per heavy atom. The highest BCUT2D eigenvalue weighted by atomic mass is 16.5. The number of benzene rings is 1. The van der Waals surface area contributed by atoms with Crippen molar-refractivity contribution in [3.63, 3.8) is 0 Å². The number of piperidine rings is 1. The molecule has 1 aromatic carbocycles. The topological polar surface area (TPSA) is 62.4 Å². The fourth-order valence-electron chi connectivity index (χ4n) is 3.40. The molecule has 1 aliphatic heterocycles. The first-order valence-corrected chi connectivity index (χ1v) is 8.15. The molecule has 1 N–H and O–H groups in total. The van der Waals surface area contributed by atoms with Gasteiger partial charge in [-0.3, -0.25) is 9.59 Å². The second kappa shape index (κ2) is 6.51. The fraction of sp³-hybridized carbons (Fsp3) is 0.368. The number of hydrogen-bond acceptors (Lipinski definition) is 3. The lowest BCUT2D eigenvalue weighted by Gasteiger charge is -2.41. The van der Waals surface area contributed by atoms with E-state index in [4.69, 9.17) is 4.74 Å². The lowest BCUT2D eigenvalue weighted by molar-refractivity contribution is 0.0645. The van der Waals surface area contributed by atoms with Crippen LogP contribution in [0.3, 0.4) is 0 Å². The standard InChI is InChI=1S/C19H22N2O3/c1-19(14-7-4-3-5-8-14)9-6-10-21(13-19)18(23)15-11-16(22)17(24-2)12-20-15/h3-5,7-8,11-12H,6,9-10,13H2,1-2H3,(H,20,22)/t19-/m0/s1. The third-order valence-electron chi connectivity index (χ3n) is 4.78. The molecule has 0 saturated carbocycles. The summed E-state index contributed by atoms with van der Waals surface area (Å²) in [6, 6.07) is 11.6. The SMILES string of the molecule is COc1c[nH]c(C(=O)N2CCC[C@](C)(c3ccccc3)C2)cc1=O. The molecule has 1 aliphatic rings. The molecule has 1 saturated heterocycles. The zero-order valence-electron chi connectivity index (χ0n) is 14.0. The van der Waals surface area contributed by atoms with Gasteiger partial charge in [0, 0.05) is 30.8 Å². The van der Waals surface area contributed by atoms with E-state index in [-0.39, 0.29) is 22.5 Å². The summed E-state index contributed by atoms with van der Waals surface area (Å²) in [4.78, 5) is 29.4. The quantitative estimate of drug-likeness (QED) is 0.943. The van der Waals surface area contributed by atoms with Gasteiger partial charge in [-0.05, 0) is 18.4 Å². The minimum Gasteiger partial charge on any atom is -0.491 e. The maximum absolute atomic E-state index is 12.8. The van der Waals surface area contributed by atoms with Crippen LogP contribution in [0.4, 0.5) is 0 Å². The summed E-state index contributed by atoms with van der Waals surface area (Å²) < 4.78 is 4.95. The highest BCUT2D eigenvalue weighted by Crippen LogP contribution is 2.33. The number of carbonyl (C=O) groups excluding carboxylic acids is 1. The molecule has 0 aliphatic carbocycles. The van der Waals surface area contributed by atoms with Crippen LogP contribution in [0.1, 0.15) is 35.8 Å². The molecule has 3 rings (SSSR count). The monoisotopic (exact) mass is 326 g/mol. The Hall–Kier alpha value is -2.56. The number of rotatable bonds is 3. The van der Waals surface area contributed by atoms with Crippen LogP contribution in [0.25, 0.3) is 0 Å². The van der Waals surface area contributed by atoms with Crippen molar-refractivity contribution < 1.29 is 9.53 Å². The second-order valence-corrected chi connectivity index (χ2v) is 6.54. The third-order valence-corrected chi connectivity index (χ3v) is 4.78. The van der Waals surface area contributed by atoms with Gasteiger partial charge in [0.1, 0.15) is 5.69 Å². The van der Waals surface area contributed by atoms with Gasteiger partial charge in [0.15, 0.2) is 5.75 Å². The first-order valence-electron chi connectivity index (χ1n) is 8.15. The second-order valence-electron chi connectivity index (χ2n) is 6.54. The Morgan fingerprint density at radius 3 is 2.71 bits per heavy atom. The highest BCUT2D eigenvalue weighted by molar-refractivity contribution is 5.92. The highest BCUT2D eigenvalue weighted by Gasteiger charge is 2.35. The molecule has 126 valence electrons. The van der Waals surface area contributed by atoms with E-state index in [0.29, 0.717) is 18.8 Å². The van der Waals surface area contributed by atoms with Crippen LogP contribution in [-0.2, 0) is 5.41 Å². The molecule has 24 heavy (non-hydrogen) atoms. The number of aromatic amines is 1. The van der Waals surface area contributed by atoms with Crippen molar-refractivity contribution in [3.05, 3.63) is 64.1 Å². The van der Waals surface area contributed by atoms with Gasteiger partial charge >= 0.3 is 0 Å². The predicted molar refractivity (Wildman–Crippen MR) is 92.5 cm³/mol. The van der Waals surface area contributed by atoms with Crippen LogP contribution in [-0.4, -0.2) is 36.0 Å². The Morgan fingerprint density at radius 2 is 2.04 bits per heavy atom. The van der Waals surface area contributed by atoms with Crippen LogP contribution in [0.2, 0.25) is 0 Å². The van der Waals surface area contributed by atoms with Gasteiger partial charge in [0.05, 0.1) is 7.11 Å². The summed E-state index contributed by atoms with van der Waals surface area (Å²) in [6.07, 6.45) is 3.42. The van der Waals surface area contributed by atoms with Crippen molar-refractivity contribution in [1.82, 2.24) is 9.88 Å². The number of H-pyrrole nitrogens is 1. The number of pyridine rings is 1. The number of ether oxygens (including phenoxy) is 1. The van der Waals surface area contributed by atoms with E-state index in [9.17, 15) is 9.59 Å². The van der Waals surface area contributed by atoms with Crippen molar-refractivity contribution in [2.45, 2.75) is 25.2 Å². The minimum absolute atomic E-state index is 0.0675. The van der Waals surface area contributed by atoms with Gasteiger partial charge in [-0.25, -0.2) is 0 Å². The summed E-state index contributed by atoms with van der Waals surface area (Å²) in [6.45, 7) is 3.54. The van der Waals surface area contributed by atoms with Crippen molar-refractivity contribution >= 4 is 5.91 Å². The van der Waals surface area contributed by atoms with E-state index >= 15 is 0 Å². The number of amides is 1. The van der Waals surface area contributed by atoms with Crippen LogP contribution >= 0.6 is 0 Å². The number of methoxy groups -OCH3 is 1. The third kappa shape index (κ3) is 3.07. The fourth-order valence-corrected chi connectivity index (χ4v) is 3.40. The molecule has 5 nitrogen and oxygen atoms in total. The first-order chi connectivity index (χ1) is 11.5. The Balaban J connectivity index is 1.83. The normalized spacial score (nSPS) is 20.7. The molecule has 0 bridgehead atoms. The Bertz CT molecular complexity index is 785. The van der Waals surface area contributed by atoms with E-state index in [0.717, 1.165) is 12.8 Å². The smallest absolute Gasteiger partial charge is 0.270 e. The van der Waals surface area contributed by atoms with Crippen molar-refractivity contribution in [3.8, 4) is 5.75 Å². The molecule has 5 heteroatoms. The largest absolute Gasteiger partial charge is 0.491 e. The van der Waals surface area contributed by atoms with Gasteiger partial charge in [-0.1, -0.05) is 37.3 Å². The lowest BCUT2D eigenvalue weighted by Crippen LogP contribution is -2.47. The predicted octanol–water partition coefficient (Wildman–Crippen LogP) is 2.58. The average Bonchev–Trinajstić information content (AvgIpc) is 2.62. The first kappa shape index (κ1) is 16.3. The van der Waals surface area contributed by atoms with Crippen molar-refractivity contribution in [2.75, 3.05) is 20.2 Å². The molecule has 2 heterocycles. The lowest BCUT2D eigenvalue weighted by atomic mass is 9.76. The van der Waals surface area contributed by atoms with E-state index in [1.807, 2.05) is 23.1 Å². The maximum atomic E-state index is 12.8. The molecular formula is C19H22N2O3. The number of nitrogens with one attached hydrogen (secondary N) is 1. The molecule has 0 unspecified atom stereocenters. The summed E-state index contributed by atoms with van der Waals surface area (Å²) in [5, 5.41) is 0. The van der Waals surface area contributed by atoms with E-state index in [2.05, 4.69) is 24.0 Å². The van der Waals surface area contributed by atoms with E-state index in [1.54, 1.807) is 0 Å². The molecule has 1 atom stereocenters. The molecule has 2 aromatic rings. The van der Waals surface area contributed by atoms with Crippen LogP contribution < -0.4 is 10.2 Å². The summed E-state index contributed by atoms with van der Waals surface area (Å²) >= 11 is 0. The maximum Gasteiger partial charge on any atom is 0.270 e. The number of carbonyl (C=O) groups is 1. The van der Waals surface area contributed by atoms with E-state index in [1.165, 1.54) is 24.9 Å². The van der Waals surface area contributed by atoms with Crippen molar-refractivity contribution in [1.29, 1.82) is 0 Å².